The number of fused-ring (bicyclic) bond motifs is 2. The molecule has 2 bridgehead atoms. The van der Waals surface area contributed by atoms with Crippen LogP contribution in [-0.2, 0) is 22.7 Å². The molecular weight excluding hydrogens is 510 g/mol. The second-order valence-corrected chi connectivity index (χ2v) is 12.1. The first kappa shape index (κ1) is 26.3. The second kappa shape index (κ2) is 11.3. The van der Waals surface area contributed by atoms with E-state index in [1.54, 1.807) is 11.3 Å². The van der Waals surface area contributed by atoms with Crippen molar-refractivity contribution in [3.05, 3.63) is 64.0 Å². The molecule has 3 heterocycles. The summed E-state index contributed by atoms with van der Waals surface area (Å²) in [5, 5.41) is 12.7. The van der Waals surface area contributed by atoms with Gasteiger partial charge in [0.25, 0.3) is 0 Å². The van der Waals surface area contributed by atoms with Crippen molar-refractivity contribution in [3.8, 4) is 17.0 Å². The van der Waals surface area contributed by atoms with Gasteiger partial charge < -0.3 is 19.5 Å². The number of rotatable bonds is 8. The van der Waals surface area contributed by atoms with Gasteiger partial charge in [-0.25, -0.2) is 4.98 Å². The minimum Gasteiger partial charge on any atom is -0.488 e. The van der Waals surface area contributed by atoms with E-state index in [4.69, 9.17) is 14.5 Å². The lowest BCUT2D eigenvalue weighted by Crippen LogP contribution is -2.44. The number of hydrogen-bond acceptors (Lipinski definition) is 7. The number of carboxylic acid groups (broad SMARTS) is 1. The van der Waals surface area contributed by atoms with Crippen LogP contribution in [0, 0.1) is 31.6 Å². The van der Waals surface area contributed by atoms with Crippen LogP contribution in [0.5, 0.6) is 5.75 Å². The van der Waals surface area contributed by atoms with E-state index in [2.05, 4.69) is 65.4 Å². The Kier molecular flexibility index (Phi) is 7.60. The van der Waals surface area contributed by atoms with Gasteiger partial charge >= 0.3 is 5.97 Å². The summed E-state index contributed by atoms with van der Waals surface area (Å²) in [6, 6.07) is 12.9. The Hall–Kier alpha value is -2.94. The minimum atomic E-state index is -0.634. The molecule has 6 rings (SSSR count). The van der Waals surface area contributed by atoms with Crippen LogP contribution in [0.15, 0.2) is 41.8 Å². The Balaban J connectivity index is 1.15. The van der Waals surface area contributed by atoms with E-state index in [0.717, 1.165) is 86.5 Å². The van der Waals surface area contributed by atoms with Gasteiger partial charge in [0.2, 0.25) is 0 Å². The number of morpholine rings is 1. The molecule has 0 amide bonds. The molecule has 1 saturated carbocycles. The molecular formula is C31H37N3O4S. The number of benzene rings is 2. The van der Waals surface area contributed by atoms with Gasteiger partial charge in [0.05, 0.1) is 24.8 Å². The quantitative estimate of drug-likeness (QED) is 0.406. The third-order valence-corrected chi connectivity index (χ3v) is 9.56. The zero-order valence-electron chi connectivity index (χ0n) is 22.8. The molecule has 39 heavy (non-hydrogen) atoms. The van der Waals surface area contributed by atoms with E-state index in [9.17, 15) is 9.90 Å². The predicted molar refractivity (Wildman–Crippen MR) is 153 cm³/mol. The van der Waals surface area contributed by atoms with Gasteiger partial charge in [0.1, 0.15) is 12.4 Å². The lowest BCUT2D eigenvalue weighted by Gasteiger charge is -2.35. The largest absolute Gasteiger partial charge is 0.488 e. The summed E-state index contributed by atoms with van der Waals surface area (Å²) in [5.41, 5.74) is 6.76. The molecule has 7 nitrogen and oxygen atoms in total. The van der Waals surface area contributed by atoms with Crippen LogP contribution in [0.4, 0.5) is 5.13 Å². The number of ether oxygens (including phenoxy) is 2. The van der Waals surface area contributed by atoms with Crippen LogP contribution < -0.4 is 9.64 Å². The lowest BCUT2D eigenvalue weighted by atomic mass is 9.85. The zero-order chi connectivity index (χ0) is 26.9. The number of carbonyl (C=O) groups is 1. The van der Waals surface area contributed by atoms with E-state index in [-0.39, 0.29) is 17.8 Å². The standard InChI is InChI=1S/C31H37N3O4S/c1-20-4-3-5-26(27-19-39-31(32-27)34-16-23-8-9-24(17-34)28(23)30(35)36)29(20)38-18-25-7-6-22(14-21(25)2)15-33-10-12-37-13-11-33/h3-7,14,19,23-24,28H,8-13,15-18H2,1-2H3,(H,35,36)/t23-,24+,28?. The topological polar surface area (TPSA) is 75.1 Å². The van der Waals surface area contributed by atoms with Gasteiger partial charge in [0, 0.05) is 43.7 Å². The van der Waals surface area contributed by atoms with Crippen LogP contribution in [0.3, 0.4) is 0 Å². The van der Waals surface area contributed by atoms with Crippen LogP contribution >= 0.6 is 11.3 Å². The predicted octanol–water partition coefficient (Wildman–Crippen LogP) is 5.39. The fraction of sp³-hybridized carbons (Fsp3) is 0.484. The van der Waals surface area contributed by atoms with Crippen LogP contribution in [-0.4, -0.2) is 60.4 Å². The van der Waals surface area contributed by atoms with E-state index in [0.29, 0.717) is 6.61 Å². The maximum atomic E-state index is 11.7. The summed E-state index contributed by atoms with van der Waals surface area (Å²) in [4.78, 5) is 21.5. The number of aryl methyl sites for hydroxylation is 2. The highest BCUT2D eigenvalue weighted by Crippen LogP contribution is 2.44. The van der Waals surface area contributed by atoms with Crippen LogP contribution in [0.1, 0.15) is 35.1 Å². The molecule has 3 aliphatic rings. The molecule has 1 aliphatic carbocycles. The van der Waals surface area contributed by atoms with Crippen molar-refractivity contribution < 1.29 is 19.4 Å². The molecule has 2 aromatic carbocycles. The Morgan fingerprint density at radius 3 is 2.59 bits per heavy atom. The van der Waals surface area contributed by atoms with Crippen molar-refractivity contribution in [3.63, 3.8) is 0 Å². The van der Waals surface area contributed by atoms with Crippen molar-refractivity contribution in [1.82, 2.24) is 9.88 Å². The van der Waals surface area contributed by atoms with Crippen molar-refractivity contribution in [1.29, 1.82) is 0 Å². The molecule has 1 aromatic heterocycles. The highest BCUT2D eigenvalue weighted by molar-refractivity contribution is 7.14. The maximum absolute atomic E-state index is 11.7. The third kappa shape index (κ3) is 5.55. The summed E-state index contributed by atoms with van der Waals surface area (Å²) in [5.74, 6) is 0.473. The molecule has 3 atom stereocenters. The second-order valence-electron chi connectivity index (χ2n) is 11.3. The van der Waals surface area contributed by atoms with Crippen molar-refractivity contribution in [2.45, 2.75) is 39.8 Å². The molecule has 206 valence electrons. The number of carboxylic acids is 1. The molecule has 2 saturated heterocycles. The molecule has 1 N–H and O–H groups in total. The molecule has 3 fully saturated rings. The number of anilines is 1. The number of para-hydroxylation sites is 1. The minimum absolute atomic E-state index is 0.200. The lowest BCUT2D eigenvalue weighted by molar-refractivity contribution is -0.144. The first-order valence-corrected chi connectivity index (χ1v) is 14.9. The molecule has 8 heteroatoms. The highest BCUT2D eigenvalue weighted by atomic mass is 32.1. The zero-order valence-corrected chi connectivity index (χ0v) is 23.6. The van der Waals surface area contributed by atoms with E-state index >= 15 is 0 Å². The maximum Gasteiger partial charge on any atom is 0.307 e. The fourth-order valence-corrected chi connectivity index (χ4v) is 7.39. The summed E-state index contributed by atoms with van der Waals surface area (Å²) in [6.07, 6.45) is 2.00. The molecule has 0 spiro atoms. The summed E-state index contributed by atoms with van der Waals surface area (Å²) >= 11 is 1.64. The van der Waals surface area contributed by atoms with Gasteiger partial charge in [-0.05, 0) is 66.8 Å². The highest BCUT2D eigenvalue weighted by Gasteiger charge is 2.46. The van der Waals surface area contributed by atoms with Crippen molar-refractivity contribution >= 4 is 22.4 Å². The number of thiazole rings is 1. The summed E-state index contributed by atoms with van der Waals surface area (Å²) in [7, 11) is 0. The molecule has 3 aromatic rings. The average Bonchev–Trinajstić information content (AvgIpc) is 3.52. The molecule has 0 radical (unpaired) electrons. The van der Waals surface area contributed by atoms with Crippen molar-refractivity contribution in [2.75, 3.05) is 44.3 Å². The first-order chi connectivity index (χ1) is 19.0. The SMILES string of the molecule is Cc1cc(CN2CCOCC2)ccc1COc1c(C)cccc1-c1csc(N2C[C@H]3CC[C@@H](C2)C3C(=O)O)n1. The van der Waals surface area contributed by atoms with Crippen LogP contribution in [0.2, 0.25) is 0 Å². The Labute approximate surface area is 234 Å². The van der Waals surface area contributed by atoms with Gasteiger partial charge in [-0.3, -0.25) is 9.69 Å². The fourth-order valence-electron chi connectivity index (χ4n) is 6.55. The summed E-state index contributed by atoms with van der Waals surface area (Å²) < 4.78 is 12.0. The summed E-state index contributed by atoms with van der Waals surface area (Å²) in [6.45, 7) is 10.9. The smallest absolute Gasteiger partial charge is 0.307 e. The average molecular weight is 548 g/mol. The van der Waals surface area contributed by atoms with E-state index in [1.165, 1.54) is 16.7 Å². The third-order valence-electron chi connectivity index (χ3n) is 8.66. The Morgan fingerprint density at radius 2 is 1.87 bits per heavy atom. The number of hydrogen-bond donors (Lipinski definition) is 1. The van der Waals surface area contributed by atoms with Gasteiger partial charge in [0.15, 0.2) is 5.13 Å². The number of aliphatic carboxylic acids is 1. The van der Waals surface area contributed by atoms with E-state index in [1.807, 2.05) is 0 Å². The number of aromatic nitrogens is 1. The molecule has 2 aliphatic heterocycles. The Bertz CT molecular complexity index is 1320. The van der Waals surface area contributed by atoms with E-state index < -0.39 is 5.97 Å². The van der Waals surface area contributed by atoms with Gasteiger partial charge in [-0.15, -0.1) is 11.3 Å². The first-order valence-electron chi connectivity index (χ1n) is 14.0. The normalized spacial score (nSPS) is 23.2. The monoisotopic (exact) mass is 547 g/mol. The Morgan fingerprint density at radius 1 is 1.10 bits per heavy atom. The number of piperidine rings is 1. The molecule has 1 unspecified atom stereocenters. The van der Waals surface area contributed by atoms with Gasteiger partial charge in [-0.1, -0.05) is 30.3 Å². The van der Waals surface area contributed by atoms with Gasteiger partial charge in [-0.2, -0.15) is 0 Å². The van der Waals surface area contributed by atoms with Crippen molar-refractivity contribution in [2.24, 2.45) is 17.8 Å². The van der Waals surface area contributed by atoms with Crippen LogP contribution in [0.25, 0.3) is 11.3 Å². The number of nitrogens with zero attached hydrogens (tertiary/aromatic N) is 3.